The van der Waals surface area contributed by atoms with Gasteiger partial charge in [-0.25, -0.2) is 4.79 Å². The summed E-state index contributed by atoms with van der Waals surface area (Å²) in [5.41, 5.74) is 1.33. The maximum absolute atomic E-state index is 12.6. The minimum atomic E-state index is -0.295. The molecule has 0 unspecified atom stereocenters. The van der Waals surface area contributed by atoms with E-state index in [9.17, 15) is 14.4 Å². The van der Waals surface area contributed by atoms with Crippen molar-refractivity contribution in [1.29, 1.82) is 0 Å². The van der Waals surface area contributed by atoms with Crippen LogP contribution in [-0.4, -0.2) is 67.0 Å². The standard InChI is InChI=1S/C21H32N4O4/c1-13(2)22-21(28)25(6)12-19-14(3)11-24(5)20(27)10-16-9-17(23-15(4)26)7-8-18(16)29-19/h7-9,13-14,19H,10-12H2,1-6H3,(H,22,28)(H,23,26)/t14-,19+/m1/s1. The average molecular weight is 405 g/mol. The molecule has 2 rings (SSSR count). The summed E-state index contributed by atoms with van der Waals surface area (Å²) >= 11 is 0. The van der Waals surface area contributed by atoms with Crippen LogP contribution in [-0.2, 0) is 16.0 Å². The number of benzene rings is 1. The quantitative estimate of drug-likeness (QED) is 0.804. The third-order valence-corrected chi connectivity index (χ3v) is 4.84. The van der Waals surface area contributed by atoms with Gasteiger partial charge in [-0.15, -0.1) is 0 Å². The number of ether oxygens (including phenoxy) is 1. The van der Waals surface area contributed by atoms with Crippen molar-refractivity contribution in [2.24, 2.45) is 5.92 Å². The number of hydrogen-bond acceptors (Lipinski definition) is 4. The number of carbonyl (C=O) groups is 3. The van der Waals surface area contributed by atoms with Crippen LogP contribution in [0.5, 0.6) is 5.75 Å². The van der Waals surface area contributed by atoms with Crippen LogP contribution in [0.3, 0.4) is 0 Å². The number of nitrogens with zero attached hydrogens (tertiary/aromatic N) is 2. The summed E-state index contributed by atoms with van der Waals surface area (Å²) in [4.78, 5) is 39.6. The molecule has 0 radical (unpaired) electrons. The van der Waals surface area contributed by atoms with Crippen molar-refractivity contribution in [3.05, 3.63) is 23.8 Å². The Morgan fingerprint density at radius 2 is 2.03 bits per heavy atom. The molecule has 8 heteroatoms. The molecular weight excluding hydrogens is 372 g/mol. The minimum Gasteiger partial charge on any atom is -0.488 e. The van der Waals surface area contributed by atoms with Gasteiger partial charge in [0.15, 0.2) is 0 Å². The zero-order valence-corrected chi connectivity index (χ0v) is 18.1. The maximum Gasteiger partial charge on any atom is 0.317 e. The number of hydrogen-bond donors (Lipinski definition) is 2. The molecule has 2 atom stereocenters. The number of nitrogens with one attached hydrogen (secondary N) is 2. The van der Waals surface area contributed by atoms with Crippen LogP contribution in [0.4, 0.5) is 10.5 Å². The molecule has 29 heavy (non-hydrogen) atoms. The predicted octanol–water partition coefficient (Wildman–Crippen LogP) is 2.09. The van der Waals surface area contributed by atoms with E-state index in [4.69, 9.17) is 4.74 Å². The highest BCUT2D eigenvalue weighted by Crippen LogP contribution is 2.28. The molecule has 160 valence electrons. The number of carbonyl (C=O) groups excluding carboxylic acids is 3. The first kappa shape index (κ1) is 22.5. The highest BCUT2D eigenvalue weighted by molar-refractivity contribution is 5.89. The van der Waals surface area contributed by atoms with Crippen molar-refractivity contribution in [3.8, 4) is 5.75 Å². The van der Waals surface area contributed by atoms with Crippen LogP contribution in [0, 0.1) is 5.92 Å². The Morgan fingerprint density at radius 3 is 2.66 bits per heavy atom. The Bertz CT molecular complexity index is 765. The van der Waals surface area contributed by atoms with Crippen molar-refractivity contribution < 1.29 is 19.1 Å². The summed E-state index contributed by atoms with van der Waals surface area (Å²) in [6, 6.07) is 5.17. The molecule has 0 aliphatic carbocycles. The van der Waals surface area contributed by atoms with Gasteiger partial charge >= 0.3 is 6.03 Å². The Balaban J connectivity index is 2.30. The van der Waals surface area contributed by atoms with E-state index in [-0.39, 0.29) is 42.3 Å². The number of urea groups is 1. The summed E-state index contributed by atoms with van der Waals surface area (Å²) in [5.74, 6) is 0.409. The van der Waals surface area contributed by atoms with Gasteiger partial charge in [0.1, 0.15) is 11.9 Å². The van der Waals surface area contributed by atoms with Crippen LogP contribution in [0.1, 0.15) is 33.3 Å². The van der Waals surface area contributed by atoms with E-state index >= 15 is 0 Å². The van der Waals surface area contributed by atoms with Gasteiger partial charge in [0.2, 0.25) is 11.8 Å². The average Bonchev–Trinajstić information content (AvgIpc) is 2.64. The van der Waals surface area contributed by atoms with Gasteiger partial charge < -0.3 is 25.2 Å². The summed E-state index contributed by atoms with van der Waals surface area (Å²) in [5, 5.41) is 5.61. The molecule has 0 aromatic heterocycles. The fourth-order valence-corrected chi connectivity index (χ4v) is 3.27. The summed E-state index contributed by atoms with van der Waals surface area (Å²) < 4.78 is 6.30. The molecule has 1 aromatic rings. The highest BCUT2D eigenvalue weighted by Gasteiger charge is 2.29. The molecule has 0 saturated heterocycles. The molecule has 2 N–H and O–H groups in total. The van der Waals surface area contributed by atoms with Gasteiger partial charge in [0.05, 0.1) is 13.0 Å². The third kappa shape index (κ3) is 6.37. The van der Waals surface area contributed by atoms with Gasteiger partial charge in [-0.3, -0.25) is 9.59 Å². The highest BCUT2D eigenvalue weighted by atomic mass is 16.5. The lowest BCUT2D eigenvalue weighted by Gasteiger charge is -2.31. The lowest BCUT2D eigenvalue weighted by molar-refractivity contribution is -0.129. The fraction of sp³-hybridized carbons (Fsp3) is 0.571. The smallest absolute Gasteiger partial charge is 0.317 e. The van der Waals surface area contributed by atoms with Crippen LogP contribution >= 0.6 is 0 Å². The fourth-order valence-electron chi connectivity index (χ4n) is 3.27. The first-order chi connectivity index (χ1) is 13.6. The molecule has 4 amide bonds. The normalized spacial score (nSPS) is 19.4. The van der Waals surface area contributed by atoms with Crippen LogP contribution < -0.4 is 15.4 Å². The minimum absolute atomic E-state index is 0.0132. The van der Waals surface area contributed by atoms with Gasteiger partial charge in [0, 0.05) is 50.8 Å². The van der Waals surface area contributed by atoms with E-state index in [0.717, 1.165) is 0 Å². The Kier molecular flexibility index (Phi) is 7.47. The lowest BCUT2D eigenvalue weighted by atomic mass is 10.0. The molecule has 0 spiro atoms. The zero-order chi connectivity index (χ0) is 21.7. The number of likely N-dealkylation sites (N-methyl/N-ethyl adjacent to an activating group) is 2. The Hall–Kier alpha value is -2.77. The molecule has 1 aliphatic rings. The van der Waals surface area contributed by atoms with Crippen molar-refractivity contribution in [3.63, 3.8) is 0 Å². The molecule has 1 heterocycles. The van der Waals surface area contributed by atoms with Gasteiger partial charge in [-0.05, 0) is 32.0 Å². The molecule has 0 bridgehead atoms. The largest absolute Gasteiger partial charge is 0.488 e. The zero-order valence-electron chi connectivity index (χ0n) is 18.1. The summed E-state index contributed by atoms with van der Waals surface area (Å²) in [6.45, 7) is 8.18. The Morgan fingerprint density at radius 1 is 1.34 bits per heavy atom. The topological polar surface area (TPSA) is 91.0 Å². The number of rotatable bonds is 4. The second kappa shape index (κ2) is 9.62. The van der Waals surface area contributed by atoms with Crippen LogP contribution in [0.25, 0.3) is 0 Å². The van der Waals surface area contributed by atoms with Crippen LogP contribution in [0.2, 0.25) is 0 Å². The van der Waals surface area contributed by atoms with E-state index in [1.54, 1.807) is 42.1 Å². The van der Waals surface area contributed by atoms with E-state index in [1.807, 2.05) is 20.8 Å². The predicted molar refractivity (Wildman–Crippen MR) is 112 cm³/mol. The molecule has 0 saturated carbocycles. The van der Waals surface area contributed by atoms with Crippen molar-refractivity contribution in [1.82, 2.24) is 15.1 Å². The van der Waals surface area contributed by atoms with E-state index in [2.05, 4.69) is 10.6 Å². The van der Waals surface area contributed by atoms with Gasteiger partial charge in [-0.1, -0.05) is 6.92 Å². The number of anilines is 1. The molecule has 1 aromatic carbocycles. The summed E-state index contributed by atoms with van der Waals surface area (Å²) in [6.07, 6.45) is -0.112. The first-order valence-corrected chi connectivity index (χ1v) is 9.89. The molecule has 8 nitrogen and oxygen atoms in total. The molecular formula is C21H32N4O4. The first-order valence-electron chi connectivity index (χ1n) is 9.89. The van der Waals surface area contributed by atoms with Crippen molar-refractivity contribution in [2.75, 3.05) is 32.5 Å². The van der Waals surface area contributed by atoms with Crippen molar-refractivity contribution in [2.45, 2.75) is 46.3 Å². The van der Waals surface area contributed by atoms with Crippen LogP contribution in [0.15, 0.2) is 18.2 Å². The molecule has 1 aliphatic heterocycles. The maximum atomic E-state index is 12.6. The van der Waals surface area contributed by atoms with Gasteiger partial charge in [0.25, 0.3) is 0 Å². The lowest BCUT2D eigenvalue weighted by Crippen LogP contribution is -2.48. The van der Waals surface area contributed by atoms with Gasteiger partial charge in [-0.2, -0.15) is 0 Å². The Labute approximate surface area is 172 Å². The summed E-state index contributed by atoms with van der Waals surface area (Å²) in [7, 11) is 3.50. The third-order valence-electron chi connectivity index (χ3n) is 4.84. The van der Waals surface area contributed by atoms with E-state index < -0.39 is 0 Å². The van der Waals surface area contributed by atoms with Crippen molar-refractivity contribution >= 4 is 23.5 Å². The molecule has 0 fully saturated rings. The van der Waals surface area contributed by atoms with E-state index in [0.29, 0.717) is 30.1 Å². The number of fused-ring (bicyclic) bond motifs is 1. The van der Waals surface area contributed by atoms with E-state index in [1.165, 1.54) is 6.92 Å². The monoisotopic (exact) mass is 404 g/mol. The second-order valence-electron chi connectivity index (χ2n) is 8.07. The number of amides is 4. The SMILES string of the molecule is CC(=O)Nc1ccc2c(c1)CC(=O)N(C)C[C@@H](C)[C@H](CN(C)C(=O)NC(C)C)O2. The second-order valence-corrected chi connectivity index (χ2v) is 8.07.